The first-order chi connectivity index (χ1) is 12.1. The van der Waals surface area contributed by atoms with Gasteiger partial charge in [-0.3, -0.25) is 4.79 Å². The molecule has 26 heavy (non-hydrogen) atoms. The fourth-order valence-corrected chi connectivity index (χ4v) is 7.89. The predicted octanol–water partition coefficient (Wildman–Crippen LogP) is -0.557. The second-order valence-electron chi connectivity index (χ2n) is 9.79. The van der Waals surface area contributed by atoms with Gasteiger partial charge >= 0.3 is 5.97 Å². The molecule has 4 bridgehead atoms. The van der Waals surface area contributed by atoms with Crippen LogP contribution in [0.5, 0.6) is 0 Å². The highest BCUT2D eigenvalue weighted by Crippen LogP contribution is 2.72. The Bertz CT molecular complexity index is 668. The van der Waals surface area contributed by atoms with Crippen molar-refractivity contribution in [2.24, 2.45) is 34.5 Å². The molecule has 7 heteroatoms. The molecule has 4 N–H and O–H groups in total. The molecule has 5 rings (SSSR count). The smallest absolute Gasteiger partial charge is 0.313 e. The van der Waals surface area contributed by atoms with E-state index in [1.807, 2.05) is 13.8 Å². The standard InChI is InChI=1S/C19H28O7/c1-7-4-9(20)14(23)17(2)8(7)5-10(21)19-6-25-18(3)13(19)16(24)26-15(18)11(22)12(17)19/h7-15,20-23H,4-6H2,1-3H3/t7-,8-,9-,10+,11-,12+,13-,14-,15-,17-,18-,19-/m0/s1. The van der Waals surface area contributed by atoms with Crippen LogP contribution in [-0.4, -0.2) is 69.1 Å². The molecule has 0 radical (unpaired) electrons. The van der Waals surface area contributed by atoms with E-state index in [2.05, 4.69) is 0 Å². The Hall–Kier alpha value is -0.730. The summed E-state index contributed by atoms with van der Waals surface area (Å²) >= 11 is 0. The highest BCUT2D eigenvalue weighted by molar-refractivity contribution is 5.80. The minimum Gasteiger partial charge on any atom is -0.456 e. The summed E-state index contributed by atoms with van der Waals surface area (Å²) in [6.45, 7) is 5.84. The normalized spacial score (nSPS) is 66.1. The first-order valence-electron chi connectivity index (χ1n) is 9.66. The summed E-state index contributed by atoms with van der Waals surface area (Å²) in [4.78, 5) is 12.7. The van der Waals surface area contributed by atoms with Gasteiger partial charge < -0.3 is 29.9 Å². The molecule has 0 aromatic rings. The van der Waals surface area contributed by atoms with Gasteiger partial charge in [0.05, 0.1) is 36.9 Å². The van der Waals surface area contributed by atoms with E-state index in [-0.39, 0.29) is 18.4 Å². The Morgan fingerprint density at radius 1 is 1.12 bits per heavy atom. The number of hydrogen-bond acceptors (Lipinski definition) is 7. The van der Waals surface area contributed by atoms with Gasteiger partial charge in [0, 0.05) is 16.7 Å². The Morgan fingerprint density at radius 3 is 2.50 bits per heavy atom. The molecular formula is C19H28O7. The molecule has 2 saturated heterocycles. The monoisotopic (exact) mass is 368 g/mol. The van der Waals surface area contributed by atoms with Crippen molar-refractivity contribution in [3.63, 3.8) is 0 Å². The molecule has 5 aliphatic rings. The van der Waals surface area contributed by atoms with Crippen LogP contribution in [0.4, 0.5) is 0 Å². The van der Waals surface area contributed by atoms with Crippen LogP contribution in [0, 0.1) is 34.5 Å². The maximum Gasteiger partial charge on any atom is 0.313 e. The minimum atomic E-state index is -1.06. The third kappa shape index (κ3) is 1.55. The van der Waals surface area contributed by atoms with Gasteiger partial charge in [-0.05, 0) is 31.6 Å². The van der Waals surface area contributed by atoms with Crippen LogP contribution in [0.25, 0.3) is 0 Å². The molecule has 3 saturated carbocycles. The summed E-state index contributed by atoms with van der Waals surface area (Å²) in [6, 6.07) is 0. The van der Waals surface area contributed by atoms with Crippen molar-refractivity contribution in [2.75, 3.05) is 6.61 Å². The van der Waals surface area contributed by atoms with E-state index in [9.17, 15) is 25.2 Å². The molecule has 146 valence electrons. The molecular weight excluding hydrogens is 340 g/mol. The summed E-state index contributed by atoms with van der Waals surface area (Å²) in [6.07, 6.45) is -3.75. The van der Waals surface area contributed by atoms with Crippen LogP contribution < -0.4 is 0 Å². The number of fused-ring (bicyclic) bond motifs is 2. The maximum atomic E-state index is 12.7. The summed E-state index contributed by atoms with van der Waals surface area (Å²) in [5.41, 5.74) is -2.79. The highest BCUT2D eigenvalue weighted by Gasteiger charge is 2.83. The van der Waals surface area contributed by atoms with Crippen LogP contribution in [0.3, 0.4) is 0 Å². The van der Waals surface area contributed by atoms with Crippen molar-refractivity contribution in [1.29, 1.82) is 0 Å². The number of carbonyl (C=O) groups excluding carboxylic acids is 1. The number of hydrogen-bond donors (Lipinski definition) is 4. The van der Waals surface area contributed by atoms with E-state index in [1.165, 1.54) is 0 Å². The summed E-state index contributed by atoms with van der Waals surface area (Å²) in [5, 5.41) is 44.1. The maximum absolute atomic E-state index is 12.7. The fourth-order valence-electron chi connectivity index (χ4n) is 7.89. The lowest BCUT2D eigenvalue weighted by Crippen LogP contribution is -2.74. The van der Waals surface area contributed by atoms with Crippen molar-refractivity contribution in [2.45, 2.75) is 69.7 Å². The number of aliphatic hydroxyl groups is 4. The molecule has 0 unspecified atom stereocenters. The lowest BCUT2D eigenvalue weighted by molar-refractivity contribution is -0.273. The summed E-state index contributed by atoms with van der Waals surface area (Å²) in [7, 11) is 0. The molecule has 2 heterocycles. The molecule has 2 aliphatic heterocycles. The number of aliphatic hydroxyl groups excluding tert-OH is 4. The van der Waals surface area contributed by atoms with E-state index in [0.717, 1.165) is 0 Å². The van der Waals surface area contributed by atoms with Crippen molar-refractivity contribution in [1.82, 2.24) is 0 Å². The van der Waals surface area contributed by atoms with Gasteiger partial charge in [-0.2, -0.15) is 0 Å². The van der Waals surface area contributed by atoms with Crippen LogP contribution in [0.15, 0.2) is 0 Å². The second kappa shape index (κ2) is 4.81. The molecule has 0 amide bonds. The Balaban J connectivity index is 1.73. The summed E-state index contributed by atoms with van der Waals surface area (Å²) < 4.78 is 11.5. The molecule has 5 fully saturated rings. The zero-order valence-corrected chi connectivity index (χ0v) is 15.3. The molecule has 12 atom stereocenters. The SMILES string of the molecule is C[C@H]1C[C@H](O)[C@H](O)[C@]2(C)[C@H]3[C@H](O)[C@@H]4OC(=O)[C@H]5[C@]4(C)OC[C@]35[C@H](O)C[C@@H]12. The quantitative estimate of drug-likeness (QED) is 0.424. The molecule has 0 aromatic heterocycles. The first-order valence-corrected chi connectivity index (χ1v) is 9.66. The molecule has 1 spiro atoms. The Labute approximate surface area is 152 Å². The van der Waals surface area contributed by atoms with Crippen LogP contribution in [0.2, 0.25) is 0 Å². The zero-order chi connectivity index (χ0) is 18.8. The van der Waals surface area contributed by atoms with Crippen LogP contribution in [-0.2, 0) is 14.3 Å². The van der Waals surface area contributed by atoms with E-state index in [4.69, 9.17) is 9.47 Å². The third-order valence-electron chi connectivity index (χ3n) is 8.89. The van der Waals surface area contributed by atoms with Crippen molar-refractivity contribution < 1.29 is 34.7 Å². The number of ether oxygens (including phenoxy) is 2. The van der Waals surface area contributed by atoms with Gasteiger partial charge in [-0.1, -0.05) is 13.8 Å². The van der Waals surface area contributed by atoms with Gasteiger partial charge in [0.2, 0.25) is 0 Å². The Morgan fingerprint density at radius 2 is 1.81 bits per heavy atom. The lowest BCUT2D eigenvalue weighted by atomic mass is 9.38. The van der Waals surface area contributed by atoms with Crippen LogP contribution in [0.1, 0.15) is 33.6 Å². The van der Waals surface area contributed by atoms with Gasteiger partial charge in [0.15, 0.2) is 6.10 Å². The van der Waals surface area contributed by atoms with Gasteiger partial charge in [0.25, 0.3) is 0 Å². The average Bonchev–Trinajstić information content (AvgIpc) is 2.94. The number of rotatable bonds is 0. The van der Waals surface area contributed by atoms with Crippen molar-refractivity contribution >= 4 is 5.97 Å². The lowest BCUT2D eigenvalue weighted by Gasteiger charge is -2.66. The van der Waals surface area contributed by atoms with Gasteiger partial charge in [0.1, 0.15) is 5.60 Å². The number of esters is 1. The predicted molar refractivity (Wildman–Crippen MR) is 87.7 cm³/mol. The molecule has 3 aliphatic carbocycles. The zero-order valence-electron chi connectivity index (χ0n) is 15.3. The van der Waals surface area contributed by atoms with E-state index >= 15 is 0 Å². The second-order valence-corrected chi connectivity index (χ2v) is 9.79. The first kappa shape index (κ1) is 17.4. The van der Waals surface area contributed by atoms with Crippen molar-refractivity contribution in [3.8, 4) is 0 Å². The molecule has 0 aromatic carbocycles. The largest absolute Gasteiger partial charge is 0.456 e. The van der Waals surface area contributed by atoms with Gasteiger partial charge in [-0.25, -0.2) is 0 Å². The minimum absolute atomic E-state index is 0.0689. The van der Waals surface area contributed by atoms with Gasteiger partial charge in [-0.15, -0.1) is 0 Å². The van der Waals surface area contributed by atoms with E-state index < -0.39 is 64.8 Å². The topological polar surface area (TPSA) is 116 Å². The number of carbonyl (C=O) groups is 1. The Kier molecular flexibility index (Phi) is 3.21. The molecule has 7 nitrogen and oxygen atoms in total. The van der Waals surface area contributed by atoms with Crippen LogP contribution >= 0.6 is 0 Å². The van der Waals surface area contributed by atoms with E-state index in [1.54, 1.807) is 6.92 Å². The fraction of sp³-hybridized carbons (Fsp3) is 0.947. The van der Waals surface area contributed by atoms with Crippen molar-refractivity contribution in [3.05, 3.63) is 0 Å². The summed E-state index contributed by atoms with van der Waals surface area (Å²) in [5.74, 6) is -1.67. The van der Waals surface area contributed by atoms with E-state index in [0.29, 0.717) is 12.8 Å². The highest BCUT2D eigenvalue weighted by atomic mass is 16.6. The third-order valence-corrected chi connectivity index (χ3v) is 8.89. The average molecular weight is 368 g/mol.